The fourth-order valence-electron chi connectivity index (χ4n) is 2.90. The molecule has 4 nitrogen and oxygen atoms in total. The minimum atomic E-state index is -0.315. The number of pyridine rings is 1. The second-order valence-electron chi connectivity index (χ2n) is 5.50. The zero-order chi connectivity index (χ0) is 16.5. The van der Waals surface area contributed by atoms with Gasteiger partial charge in [-0.3, -0.25) is 9.69 Å². The first kappa shape index (κ1) is 14.7. The lowest BCUT2D eigenvalue weighted by atomic mass is 10.1. The lowest BCUT2D eigenvalue weighted by Crippen LogP contribution is -2.32. The minimum absolute atomic E-state index is 0.0595. The van der Waals surface area contributed by atoms with Crippen molar-refractivity contribution in [2.45, 2.75) is 6.17 Å². The molecular weight excluding hydrogens is 322 g/mol. The molecule has 0 saturated carbocycles. The summed E-state index contributed by atoms with van der Waals surface area (Å²) in [4.78, 5) is 18.9. The number of anilines is 2. The molecule has 24 heavy (non-hydrogen) atoms. The summed E-state index contributed by atoms with van der Waals surface area (Å²) < 4.78 is 0. The number of fused-ring (bicyclic) bond motifs is 1. The Bertz CT molecular complexity index is 881. The van der Waals surface area contributed by atoms with Crippen LogP contribution in [-0.2, 0) is 0 Å². The third-order valence-corrected chi connectivity index (χ3v) is 4.26. The van der Waals surface area contributed by atoms with Crippen LogP contribution in [0.25, 0.3) is 0 Å². The fourth-order valence-corrected chi connectivity index (χ4v) is 3.02. The van der Waals surface area contributed by atoms with Gasteiger partial charge in [0.25, 0.3) is 5.91 Å². The molecule has 1 aromatic heterocycles. The van der Waals surface area contributed by atoms with Gasteiger partial charge in [-0.15, -0.1) is 0 Å². The fraction of sp³-hybridized carbons (Fsp3) is 0.0526. The van der Waals surface area contributed by atoms with Crippen LogP contribution < -0.4 is 10.2 Å². The number of carbonyl (C=O) groups excluding carboxylic acids is 1. The summed E-state index contributed by atoms with van der Waals surface area (Å²) in [5.41, 5.74) is 2.51. The van der Waals surface area contributed by atoms with Crippen LogP contribution >= 0.6 is 11.6 Å². The van der Waals surface area contributed by atoms with Crippen molar-refractivity contribution in [1.29, 1.82) is 0 Å². The topological polar surface area (TPSA) is 45.2 Å². The van der Waals surface area contributed by atoms with Gasteiger partial charge < -0.3 is 5.32 Å². The average molecular weight is 336 g/mol. The van der Waals surface area contributed by atoms with Crippen molar-refractivity contribution in [2.24, 2.45) is 0 Å². The van der Waals surface area contributed by atoms with Crippen LogP contribution in [-0.4, -0.2) is 10.9 Å². The third kappa shape index (κ3) is 2.51. The molecule has 1 N–H and O–H groups in total. The predicted molar refractivity (Wildman–Crippen MR) is 95.3 cm³/mol. The van der Waals surface area contributed by atoms with Gasteiger partial charge in [-0.1, -0.05) is 35.9 Å². The quantitative estimate of drug-likeness (QED) is 0.766. The normalized spacial score (nSPS) is 16.1. The van der Waals surface area contributed by atoms with Gasteiger partial charge in [-0.2, -0.15) is 0 Å². The highest BCUT2D eigenvalue weighted by atomic mass is 35.5. The van der Waals surface area contributed by atoms with E-state index >= 15 is 0 Å². The van der Waals surface area contributed by atoms with Crippen molar-refractivity contribution in [3.63, 3.8) is 0 Å². The zero-order valence-corrected chi connectivity index (χ0v) is 13.4. The molecule has 1 aliphatic rings. The highest BCUT2D eigenvalue weighted by Crippen LogP contribution is 2.37. The first-order valence-electron chi connectivity index (χ1n) is 7.60. The van der Waals surface area contributed by atoms with Crippen LogP contribution in [0.1, 0.15) is 22.1 Å². The second kappa shape index (κ2) is 5.98. The molecule has 1 aliphatic heterocycles. The number of benzene rings is 2. The molecule has 118 valence electrons. The molecule has 3 aromatic rings. The number of nitrogens with one attached hydrogen (secondary N) is 1. The summed E-state index contributed by atoms with van der Waals surface area (Å²) in [6.07, 6.45) is 1.37. The molecule has 1 unspecified atom stereocenters. The molecule has 4 rings (SSSR count). The number of rotatable bonds is 3. The Kier molecular flexibility index (Phi) is 3.67. The summed E-state index contributed by atoms with van der Waals surface area (Å²) in [6, 6.07) is 20.6. The summed E-state index contributed by atoms with van der Waals surface area (Å²) in [7, 11) is 0. The molecule has 1 atom stereocenters. The van der Waals surface area contributed by atoms with Crippen molar-refractivity contribution in [2.75, 3.05) is 10.2 Å². The average Bonchev–Trinajstić information content (AvgIpc) is 2.90. The van der Waals surface area contributed by atoms with E-state index < -0.39 is 0 Å². The SMILES string of the molecule is O=C1c2ccccc2C(Nc2ccc(Cl)cc2)N1c1ccccn1. The van der Waals surface area contributed by atoms with Gasteiger partial charge in [0.1, 0.15) is 12.0 Å². The standard InChI is InChI=1S/C19H14ClN3O/c20-13-8-10-14(11-9-13)22-18-15-5-1-2-6-16(15)19(24)23(18)17-7-3-4-12-21-17/h1-12,18,22H. The van der Waals surface area contributed by atoms with E-state index in [1.807, 2.05) is 66.7 Å². The van der Waals surface area contributed by atoms with E-state index in [-0.39, 0.29) is 12.1 Å². The number of hydrogen-bond donors (Lipinski definition) is 1. The molecule has 2 aromatic carbocycles. The zero-order valence-electron chi connectivity index (χ0n) is 12.7. The third-order valence-electron chi connectivity index (χ3n) is 4.01. The van der Waals surface area contributed by atoms with Gasteiger partial charge in [0.15, 0.2) is 0 Å². The van der Waals surface area contributed by atoms with E-state index in [9.17, 15) is 4.79 Å². The molecule has 0 aliphatic carbocycles. The molecular formula is C19H14ClN3O. The van der Waals surface area contributed by atoms with Crippen molar-refractivity contribution >= 4 is 29.0 Å². The van der Waals surface area contributed by atoms with Gasteiger partial charge in [-0.25, -0.2) is 4.98 Å². The van der Waals surface area contributed by atoms with Crippen LogP contribution in [0.5, 0.6) is 0 Å². The molecule has 2 heterocycles. The van der Waals surface area contributed by atoms with Crippen molar-refractivity contribution < 1.29 is 4.79 Å². The van der Waals surface area contributed by atoms with Crippen molar-refractivity contribution in [3.8, 4) is 0 Å². The highest BCUT2D eigenvalue weighted by molar-refractivity contribution is 6.30. The maximum Gasteiger partial charge on any atom is 0.261 e. The molecule has 0 bridgehead atoms. The highest BCUT2D eigenvalue weighted by Gasteiger charge is 2.38. The van der Waals surface area contributed by atoms with Crippen molar-refractivity contribution in [1.82, 2.24) is 4.98 Å². The van der Waals surface area contributed by atoms with E-state index in [0.29, 0.717) is 16.4 Å². The van der Waals surface area contributed by atoms with E-state index in [0.717, 1.165) is 11.3 Å². The van der Waals surface area contributed by atoms with E-state index in [4.69, 9.17) is 11.6 Å². The summed E-state index contributed by atoms with van der Waals surface area (Å²) in [6.45, 7) is 0. The summed E-state index contributed by atoms with van der Waals surface area (Å²) in [5, 5.41) is 4.08. The van der Waals surface area contributed by atoms with Crippen LogP contribution in [0, 0.1) is 0 Å². The Morgan fingerprint density at radius 1 is 0.958 bits per heavy atom. The number of nitrogens with zero attached hydrogens (tertiary/aromatic N) is 2. The molecule has 0 spiro atoms. The predicted octanol–water partition coefficient (Wildman–Crippen LogP) is 4.51. The maximum absolute atomic E-state index is 12.9. The lowest BCUT2D eigenvalue weighted by Gasteiger charge is -2.26. The Morgan fingerprint density at radius 3 is 2.46 bits per heavy atom. The maximum atomic E-state index is 12.9. The smallest absolute Gasteiger partial charge is 0.261 e. The van der Waals surface area contributed by atoms with Crippen LogP contribution in [0.15, 0.2) is 72.9 Å². The van der Waals surface area contributed by atoms with Gasteiger partial charge in [-0.05, 0) is 42.5 Å². The van der Waals surface area contributed by atoms with E-state index in [1.54, 1.807) is 11.1 Å². The van der Waals surface area contributed by atoms with Gasteiger partial charge in [0.05, 0.1) is 0 Å². The number of hydrogen-bond acceptors (Lipinski definition) is 3. The van der Waals surface area contributed by atoms with Crippen LogP contribution in [0.4, 0.5) is 11.5 Å². The Labute approximate surface area is 144 Å². The first-order chi connectivity index (χ1) is 11.7. The van der Waals surface area contributed by atoms with Gasteiger partial charge in [0, 0.05) is 28.0 Å². The molecule has 5 heteroatoms. The van der Waals surface area contributed by atoms with Gasteiger partial charge >= 0.3 is 0 Å². The summed E-state index contributed by atoms with van der Waals surface area (Å²) in [5.74, 6) is 0.556. The second-order valence-corrected chi connectivity index (χ2v) is 5.94. The summed E-state index contributed by atoms with van der Waals surface area (Å²) >= 11 is 5.95. The van der Waals surface area contributed by atoms with E-state index in [1.165, 1.54) is 0 Å². The van der Waals surface area contributed by atoms with Crippen molar-refractivity contribution in [3.05, 3.63) is 89.1 Å². The minimum Gasteiger partial charge on any atom is -0.361 e. The van der Waals surface area contributed by atoms with Crippen LogP contribution in [0.3, 0.4) is 0 Å². The Morgan fingerprint density at radius 2 is 1.71 bits per heavy atom. The number of halogens is 1. The van der Waals surface area contributed by atoms with Gasteiger partial charge in [0.2, 0.25) is 0 Å². The molecule has 1 amide bonds. The largest absolute Gasteiger partial charge is 0.361 e. The lowest BCUT2D eigenvalue weighted by molar-refractivity contribution is 0.0992. The number of carbonyl (C=O) groups is 1. The number of amides is 1. The monoisotopic (exact) mass is 335 g/mol. The van der Waals surface area contributed by atoms with Crippen LogP contribution in [0.2, 0.25) is 5.02 Å². The number of aromatic nitrogens is 1. The Hall–Kier alpha value is -2.85. The molecule has 0 saturated heterocycles. The first-order valence-corrected chi connectivity index (χ1v) is 7.97. The Balaban J connectivity index is 1.77. The van der Waals surface area contributed by atoms with E-state index in [2.05, 4.69) is 10.3 Å². The molecule has 0 fully saturated rings. The molecule has 0 radical (unpaired) electrons.